The highest BCUT2D eigenvalue weighted by Crippen LogP contribution is 2.27. The molecule has 7 heteroatoms. The van der Waals surface area contributed by atoms with Crippen LogP contribution in [0.3, 0.4) is 0 Å². The van der Waals surface area contributed by atoms with E-state index in [2.05, 4.69) is 5.32 Å². The van der Waals surface area contributed by atoms with Crippen molar-refractivity contribution in [1.29, 1.82) is 0 Å². The summed E-state index contributed by atoms with van der Waals surface area (Å²) in [5, 5.41) is 3.05. The maximum absolute atomic E-state index is 13.6. The predicted molar refractivity (Wildman–Crippen MR) is 142 cm³/mol. The van der Waals surface area contributed by atoms with Gasteiger partial charge in [-0.3, -0.25) is 9.10 Å². The van der Waals surface area contributed by atoms with Gasteiger partial charge in [0.05, 0.1) is 23.7 Å². The molecule has 4 aromatic carbocycles. The zero-order valence-electron chi connectivity index (χ0n) is 20.2. The van der Waals surface area contributed by atoms with E-state index in [9.17, 15) is 13.2 Å². The van der Waals surface area contributed by atoms with Gasteiger partial charge in [0.25, 0.3) is 10.0 Å². The number of nitrogens with zero attached hydrogens (tertiary/aromatic N) is 1. The van der Waals surface area contributed by atoms with E-state index in [-0.39, 0.29) is 4.90 Å². The number of sulfonamides is 1. The number of rotatable bonds is 9. The lowest BCUT2D eigenvalue weighted by molar-refractivity contribution is -0.120. The second-order valence-corrected chi connectivity index (χ2v) is 10.2. The van der Waals surface area contributed by atoms with Gasteiger partial charge in [-0.05, 0) is 54.4 Å². The minimum Gasteiger partial charge on any atom is -0.497 e. The molecule has 0 aliphatic rings. The number of carbonyl (C=O) groups excluding carboxylic acids is 1. The van der Waals surface area contributed by atoms with Crippen LogP contribution < -0.4 is 14.4 Å². The lowest BCUT2D eigenvalue weighted by atomic mass is 9.98. The molecule has 6 nitrogen and oxygen atoms in total. The minimum absolute atomic E-state index is 0.103. The molecule has 1 amide bonds. The summed E-state index contributed by atoms with van der Waals surface area (Å²) in [7, 11) is -2.47. The van der Waals surface area contributed by atoms with Crippen LogP contribution >= 0.6 is 0 Å². The van der Waals surface area contributed by atoms with Gasteiger partial charge in [0.2, 0.25) is 5.91 Å². The molecule has 0 saturated carbocycles. The quantitative estimate of drug-likeness (QED) is 0.347. The third-order valence-corrected chi connectivity index (χ3v) is 7.62. The zero-order valence-corrected chi connectivity index (χ0v) is 21.0. The summed E-state index contributed by atoms with van der Waals surface area (Å²) < 4.78 is 33.5. The topological polar surface area (TPSA) is 75.7 Å². The fourth-order valence-electron chi connectivity index (χ4n) is 3.88. The van der Waals surface area contributed by atoms with Crippen molar-refractivity contribution in [3.05, 3.63) is 126 Å². The Kier molecular flexibility index (Phi) is 7.71. The molecule has 0 aromatic heterocycles. The lowest BCUT2D eigenvalue weighted by Crippen LogP contribution is -2.42. The molecule has 4 aromatic rings. The molecular weight excluding hydrogens is 472 g/mol. The van der Waals surface area contributed by atoms with Crippen LogP contribution in [0.2, 0.25) is 0 Å². The van der Waals surface area contributed by atoms with Crippen molar-refractivity contribution >= 4 is 21.6 Å². The fraction of sp³-hybridized carbons (Fsp3) is 0.138. The summed E-state index contributed by atoms with van der Waals surface area (Å²) in [6, 6.07) is 31.8. The van der Waals surface area contributed by atoms with Crippen LogP contribution in [0, 0.1) is 6.92 Å². The normalized spacial score (nSPS) is 11.9. The molecule has 0 heterocycles. The Morgan fingerprint density at radius 2 is 1.36 bits per heavy atom. The van der Waals surface area contributed by atoms with Gasteiger partial charge in [0.15, 0.2) is 0 Å². The van der Waals surface area contributed by atoms with Gasteiger partial charge in [-0.25, -0.2) is 8.42 Å². The number of hydrogen-bond acceptors (Lipinski definition) is 4. The highest BCUT2D eigenvalue weighted by molar-refractivity contribution is 7.92. The highest BCUT2D eigenvalue weighted by Gasteiger charge is 2.28. The highest BCUT2D eigenvalue weighted by atomic mass is 32.2. The van der Waals surface area contributed by atoms with Gasteiger partial charge >= 0.3 is 0 Å². The summed E-state index contributed by atoms with van der Waals surface area (Å²) in [4.78, 5) is 13.5. The number of amides is 1. The molecular formula is C29H28N2O4S. The number of benzene rings is 4. The zero-order chi connectivity index (χ0) is 25.5. The number of carbonyl (C=O) groups is 1. The van der Waals surface area contributed by atoms with Crippen molar-refractivity contribution < 1.29 is 17.9 Å². The summed E-state index contributed by atoms with van der Waals surface area (Å²) in [6.07, 6.45) is 0. The van der Waals surface area contributed by atoms with Gasteiger partial charge in [-0.15, -0.1) is 0 Å². The van der Waals surface area contributed by atoms with Gasteiger partial charge in [-0.1, -0.05) is 78.4 Å². The molecule has 0 aliphatic carbocycles. The molecule has 1 atom stereocenters. The fourth-order valence-corrected chi connectivity index (χ4v) is 5.33. The maximum atomic E-state index is 13.6. The summed E-state index contributed by atoms with van der Waals surface area (Å²) in [6.45, 7) is 1.61. The number of anilines is 1. The van der Waals surface area contributed by atoms with E-state index in [1.807, 2.05) is 61.5 Å². The third kappa shape index (κ3) is 5.75. The van der Waals surface area contributed by atoms with E-state index in [4.69, 9.17) is 4.74 Å². The van der Waals surface area contributed by atoms with Crippen molar-refractivity contribution in [2.75, 3.05) is 18.0 Å². The smallest absolute Gasteiger partial charge is 0.264 e. The van der Waals surface area contributed by atoms with Crippen LogP contribution in [0.1, 0.15) is 22.7 Å². The van der Waals surface area contributed by atoms with Crippen molar-refractivity contribution in [2.24, 2.45) is 0 Å². The Morgan fingerprint density at radius 1 is 0.806 bits per heavy atom. The Morgan fingerprint density at radius 3 is 1.94 bits per heavy atom. The number of aryl methyl sites for hydroxylation is 1. The average Bonchev–Trinajstić information content (AvgIpc) is 2.92. The van der Waals surface area contributed by atoms with Crippen LogP contribution in [0.5, 0.6) is 5.75 Å². The van der Waals surface area contributed by atoms with E-state index >= 15 is 0 Å². The Balaban J connectivity index is 1.67. The maximum Gasteiger partial charge on any atom is 0.264 e. The molecule has 0 fully saturated rings. The van der Waals surface area contributed by atoms with E-state index in [1.54, 1.807) is 42.5 Å². The average molecular weight is 501 g/mol. The number of hydrogen-bond donors (Lipinski definition) is 1. The molecule has 0 aliphatic heterocycles. The first-order chi connectivity index (χ1) is 17.4. The first kappa shape index (κ1) is 25.0. The lowest BCUT2D eigenvalue weighted by Gasteiger charge is -2.26. The van der Waals surface area contributed by atoms with E-state index < -0.39 is 28.5 Å². The molecule has 4 rings (SSSR count). The van der Waals surface area contributed by atoms with Crippen molar-refractivity contribution in [3.63, 3.8) is 0 Å². The Bertz CT molecular complexity index is 1390. The Labute approximate surface area is 212 Å². The van der Waals surface area contributed by atoms with E-state index in [1.165, 1.54) is 19.2 Å². The minimum atomic E-state index is -4.01. The standard InChI is InChI=1S/C29H28N2O4S/c1-22-13-15-24(16-14-22)29(23-9-5-3-6-10-23)30-28(32)21-31(25-17-19-26(35-2)20-18-25)36(33,34)27-11-7-4-8-12-27/h3-20,29H,21H2,1-2H3,(H,30,32)/t29-/m0/s1. The van der Waals surface area contributed by atoms with Crippen LogP contribution in [0.15, 0.2) is 114 Å². The van der Waals surface area contributed by atoms with Crippen LogP contribution in [0.4, 0.5) is 5.69 Å². The SMILES string of the molecule is COc1ccc(N(CC(=O)N[C@@H](c2ccccc2)c2ccc(C)cc2)S(=O)(=O)c2ccccc2)cc1. The number of methoxy groups -OCH3 is 1. The molecule has 0 unspecified atom stereocenters. The largest absolute Gasteiger partial charge is 0.497 e. The van der Waals surface area contributed by atoms with Crippen LogP contribution in [0.25, 0.3) is 0 Å². The summed E-state index contributed by atoms with van der Waals surface area (Å²) >= 11 is 0. The molecule has 0 saturated heterocycles. The first-order valence-electron chi connectivity index (χ1n) is 11.5. The van der Waals surface area contributed by atoms with Crippen molar-refractivity contribution in [3.8, 4) is 5.75 Å². The monoisotopic (exact) mass is 500 g/mol. The van der Waals surface area contributed by atoms with Gasteiger partial charge < -0.3 is 10.1 Å². The summed E-state index contributed by atoms with van der Waals surface area (Å²) in [5.74, 6) is 0.156. The second-order valence-electron chi connectivity index (χ2n) is 8.34. The molecule has 0 spiro atoms. The van der Waals surface area contributed by atoms with Crippen LogP contribution in [-0.4, -0.2) is 28.0 Å². The molecule has 0 radical (unpaired) electrons. The molecule has 184 valence electrons. The second kappa shape index (κ2) is 11.1. The first-order valence-corrected chi connectivity index (χ1v) is 13.0. The predicted octanol–water partition coefficient (Wildman–Crippen LogP) is 5.10. The van der Waals surface area contributed by atoms with Crippen LogP contribution in [-0.2, 0) is 14.8 Å². The number of nitrogens with one attached hydrogen (secondary N) is 1. The number of ether oxygens (including phenoxy) is 1. The van der Waals surface area contributed by atoms with Crippen molar-refractivity contribution in [2.45, 2.75) is 17.9 Å². The van der Waals surface area contributed by atoms with Gasteiger partial charge in [0, 0.05) is 0 Å². The van der Waals surface area contributed by atoms with Crippen molar-refractivity contribution in [1.82, 2.24) is 5.32 Å². The van der Waals surface area contributed by atoms with Gasteiger partial charge in [-0.2, -0.15) is 0 Å². The Hall–Kier alpha value is -4.10. The third-order valence-electron chi connectivity index (χ3n) is 5.83. The van der Waals surface area contributed by atoms with E-state index in [0.29, 0.717) is 11.4 Å². The van der Waals surface area contributed by atoms with Gasteiger partial charge in [0.1, 0.15) is 12.3 Å². The molecule has 36 heavy (non-hydrogen) atoms. The van der Waals surface area contributed by atoms with E-state index in [0.717, 1.165) is 21.0 Å². The molecule has 0 bridgehead atoms. The molecule has 1 N–H and O–H groups in total. The summed E-state index contributed by atoms with van der Waals surface area (Å²) in [5.41, 5.74) is 3.27.